The van der Waals surface area contributed by atoms with Crippen molar-refractivity contribution in [3.63, 3.8) is 0 Å². The van der Waals surface area contributed by atoms with E-state index in [1.165, 1.54) is 0 Å². The second-order valence-corrected chi connectivity index (χ2v) is 3.90. The summed E-state index contributed by atoms with van der Waals surface area (Å²) in [6.07, 6.45) is 3.52. The van der Waals surface area contributed by atoms with Crippen LogP contribution in [0, 0.1) is 5.92 Å². The average molecular weight is 293 g/mol. The van der Waals surface area contributed by atoms with Crippen molar-refractivity contribution in [1.29, 1.82) is 0 Å². The summed E-state index contributed by atoms with van der Waals surface area (Å²) in [6.45, 7) is 3.80. The van der Waals surface area contributed by atoms with Gasteiger partial charge in [-0.15, -0.1) is 24.8 Å². The molecule has 0 amide bonds. The summed E-state index contributed by atoms with van der Waals surface area (Å²) in [6, 6.07) is 3.92. The summed E-state index contributed by atoms with van der Waals surface area (Å²) in [5.74, 6) is 0.0405. The molecular formula is C12H18Cl2N2O2. The van der Waals surface area contributed by atoms with Crippen LogP contribution in [0.25, 0.3) is 0 Å². The molecule has 0 spiro atoms. The van der Waals surface area contributed by atoms with Gasteiger partial charge in [0.1, 0.15) is 0 Å². The van der Waals surface area contributed by atoms with Crippen molar-refractivity contribution in [2.24, 2.45) is 5.92 Å². The molecule has 1 saturated heterocycles. The second kappa shape index (κ2) is 8.29. The zero-order valence-corrected chi connectivity index (χ0v) is 11.8. The Labute approximate surface area is 119 Å². The fraction of sp³-hybridized carbons (Fsp3) is 0.500. The van der Waals surface area contributed by atoms with Crippen molar-refractivity contribution in [2.75, 3.05) is 19.7 Å². The first-order valence-corrected chi connectivity index (χ1v) is 5.60. The lowest BCUT2D eigenvalue weighted by Gasteiger charge is -2.16. The van der Waals surface area contributed by atoms with E-state index in [0.717, 1.165) is 12.1 Å². The van der Waals surface area contributed by atoms with Crippen LogP contribution in [0.15, 0.2) is 24.5 Å². The monoisotopic (exact) mass is 292 g/mol. The maximum atomic E-state index is 11.8. The topological polar surface area (TPSA) is 51.2 Å². The van der Waals surface area contributed by atoms with Crippen molar-refractivity contribution in [3.8, 4) is 0 Å². The Morgan fingerprint density at radius 3 is 2.67 bits per heavy atom. The molecule has 1 aliphatic heterocycles. The Morgan fingerprint density at radius 2 is 2.06 bits per heavy atom. The minimum Gasteiger partial charge on any atom is -0.466 e. The number of hydrogen-bond donors (Lipinski definition) is 1. The normalized spacial score (nSPS) is 21.6. The third kappa shape index (κ3) is 3.83. The smallest absolute Gasteiger partial charge is 0.310 e. The highest BCUT2D eigenvalue weighted by molar-refractivity contribution is 5.85. The highest BCUT2D eigenvalue weighted by Crippen LogP contribution is 2.28. The molecule has 0 aliphatic carbocycles. The highest BCUT2D eigenvalue weighted by atomic mass is 35.5. The lowest BCUT2D eigenvalue weighted by atomic mass is 9.90. The van der Waals surface area contributed by atoms with Gasteiger partial charge in [-0.05, 0) is 24.6 Å². The molecule has 18 heavy (non-hydrogen) atoms. The number of ether oxygens (including phenoxy) is 1. The summed E-state index contributed by atoms with van der Waals surface area (Å²) in [7, 11) is 0. The SMILES string of the molecule is CCOC(=O)C1CNCC1c1ccncc1.Cl.Cl. The minimum atomic E-state index is -0.102. The first-order chi connectivity index (χ1) is 7.83. The van der Waals surface area contributed by atoms with Crippen LogP contribution in [-0.2, 0) is 9.53 Å². The van der Waals surface area contributed by atoms with Gasteiger partial charge in [0.15, 0.2) is 0 Å². The summed E-state index contributed by atoms with van der Waals surface area (Å²) in [5.41, 5.74) is 1.15. The number of carbonyl (C=O) groups excluding carboxylic acids is 1. The van der Waals surface area contributed by atoms with Crippen LogP contribution in [0.3, 0.4) is 0 Å². The Balaban J connectivity index is 0.00000144. The van der Waals surface area contributed by atoms with Crippen LogP contribution in [0.1, 0.15) is 18.4 Å². The zero-order valence-electron chi connectivity index (χ0n) is 10.2. The molecule has 0 radical (unpaired) electrons. The van der Waals surface area contributed by atoms with Gasteiger partial charge in [0.05, 0.1) is 12.5 Å². The summed E-state index contributed by atoms with van der Waals surface area (Å²) >= 11 is 0. The molecule has 1 fully saturated rings. The molecule has 102 valence electrons. The molecule has 1 aromatic rings. The molecular weight excluding hydrogens is 275 g/mol. The molecule has 0 bridgehead atoms. The average Bonchev–Trinajstić information content (AvgIpc) is 2.79. The Bertz CT molecular complexity index is 362. The Hall–Kier alpha value is -0.840. The molecule has 1 aromatic heterocycles. The van der Waals surface area contributed by atoms with Gasteiger partial charge in [-0.25, -0.2) is 0 Å². The van der Waals surface area contributed by atoms with Crippen LogP contribution in [0.4, 0.5) is 0 Å². The van der Waals surface area contributed by atoms with E-state index in [4.69, 9.17) is 4.74 Å². The molecule has 4 nitrogen and oxygen atoms in total. The third-order valence-electron chi connectivity index (χ3n) is 2.94. The maximum Gasteiger partial charge on any atom is 0.310 e. The van der Waals surface area contributed by atoms with Gasteiger partial charge in [0.25, 0.3) is 0 Å². The number of aromatic nitrogens is 1. The number of nitrogens with one attached hydrogen (secondary N) is 1. The summed E-state index contributed by atoms with van der Waals surface area (Å²) < 4.78 is 5.08. The van der Waals surface area contributed by atoms with Crippen molar-refractivity contribution >= 4 is 30.8 Å². The molecule has 2 unspecified atom stereocenters. The van der Waals surface area contributed by atoms with Crippen molar-refractivity contribution in [2.45, 2.75) is 12.8 Å². The van der Waals surface area contributed by atoms with Crippen LogP contribution < -0.4 is 5.32 Å². The first kappa shape index (κ1) is 17.2. The zero-order chi connectivity index (χ0) is 11.4. The number of hydrogen-bond acceptors (Lipinski definition) is 4. The predicted octanol–water partition coefficient (Wildman–Crippen LogP) is 1.79. The standard InChI is InChI=1S/C12H16N2O2.2ClH/c1-2-16-12(15)11-8-14-7-10(11)9-3-5-13-6-4-9;;/h3-6,10-11,14H,2,7-8H2,1H3;2*1H. The molecule has 1 aliphatic rings. The summed E-state index contributed by atoms with van der Waals surface area (Å²) in [4.78, 5) is 15.7. The quantitative estimate of drug-likeness (QED) is 0.863. The maximum absolute atomic E-state index is 11.8. The van der Waals surface area contributed by atoms with E-state index in [0.29, 0.717) is 13.2 Å². The van der Waals surface area contributed by atoms with Gasteiger partial charge >= 0.3 is 5.97 Å². The largest absolute Gasteiger partial charge is 0.466 e. The number of pyridine rings is 1. The van der Waals surface area contributed by atoms with Gasteiger partial charge in [0, 0.05) is 31.4 Å². The Morgan fingerprint density at radius 1 is 1.39 bits per heavy atom. The second-order valence-electron chi connectivity index (χ2n) is 3.90. The van der Waals surface area contributed by atoms with Crippen LogP contribution in [0.2, 0.25) is 0 Å². The molecule has 2 atom stereocenters. The first-order valence-electron chi connectivity index (χ1n) is 5.60. The van der Waals surface area contributed by atoms with Crippen molar-refractivity contribution < 1.29 is 9.53 Å². The van der Waals surface area contributed by atoms with Crippen LogP contribution in [-0.4, -0.2) is 30.6 Å². The number of carbonyl (C=O) groups is 1. The highest BCUT2D eigenvalue weighted by Gasteiger charge is 2.34. The van der Waals surface area contributed by atoms with Gasteiger partial charge in [-0.2, -0.15) is 0 Å². The van der Waals surface area contributed by atoms with Crippen molar-refractivity contribution in [1.82, 2.24) is 10.3 Å². The predicted molar refractivity (Wildman–Crippen MR) is 74.5 cm³/mol. The molecule has 1 N–H and O–H groups in total. The number of esters is 1. The van der Waals surface area contributed by atoms with E-state index in [2.05, 4.69) is 10.3 Å². The van der Waals surface area contributed by atoms with E-state index in [1.54, 1.807) is 12.4 Å². The Kier molecular flexibility index (Phi) is 7.91. The summed E-state index contributed by atoms with van der Waals surface area (Å²) in [5, 5.41) is 3.24. The van der Waals surface area contributed by atoms with Crippen molar-refractivity contribution in [3.05, 3.63) is 30.1 Å². The van der Waals surface area contributed by atoms with Gasteiger partial charge in [0.2, 0.25) is 0 Å². The van der Waals surface area contributed by atoms with E-state index in [1.807, 2.05) is 19.1 Å². The van der Waals surface area contributed by atoms with Gasteiger partial charge in [-0.3, -0.25) is 9.78 Å². The van der Waals surface area contributed by atoms with E-state index in [-0.39, 0.29) is 42.6 Å². The molecule has 0 aromatic carbocycles. The molecule has 0 saturated carbocycles. The van der Waals surface area contributed by atoms with Crippen LogP contribution >= 0.6 is 24.8 Å². The lowest BCUT2D eigenvalue weighted by Crippen LogP contribution is -2.24. The molecule has 2 rings (SSSR count). The van der Waals surface area contributed by atoms with Gasteiger partial charge < -0.3 is 10.1 Å². The van der Waals surface area contributed by atoms with Crippen LogP contribution in [0.5, 0.6) is 0 Å². The van der Waals surface area contributed by atoms with E-state index < -0.39 is 0 Å². The fourth-order valence-corrected chi connectivity index (χ4v) is 2.14. The lowest BCUT2D eigenvalue weighted by molar-refractivity contribution is -0.147. The molecule has 6 heteroatoms. The third-order valence-corrected chi connectivity index (χ3v) is 2.94. The number of rotatable bonds is 3. The van der Waals surface area contributed by atoms with E-state index >= 15 is 0 Å². The number of halogens is 2. The number of nitrogens with zero attached hydrogens (tertiary/aromatic N) is 1. The van der Waals surface area contributed by atoms with E-state index in [9.17, 15) is 4.79 Å². The molecule has 2 heterocycles. The van der Waals surface area contributed by atoms with Gasteiger partial charge in [-0.1, -0.05) is 0 Å². The minimum absolute atomic E-state index is 0. The fourth-order valence-electron chi connectivity index (χ4n) is 2.14.